The van der Waals surface area contributed by atoms with E-state index in [-0.39, 0.29) is 18.0 Å². The van der Waals surface area contributed by atoms with E-state index >= 15 is 0 Å². The molecule has 1 amide bonds. The second-order valence-electron chi connectivity index (χ2n) is 4.27. The number of benzene rings is 1. The lowest BCUT2D eigenvalue weighted by Gasteiger charge is -2.07. The molecule has 2 aromatic rings. The summed E-state index contributed by atoms with van der Waals surface area (Å²) in [5.74, 6) is -0.173. The van der Waals surface area contributed by atoms with Gasteiger partial charge in [0, 0.05) is 32.4 Å². The summed E-state index contributed by atoms with van der Waals surface area (Å²) in [6.07, 6.45) is 3.54. The smallest absolute Gasteiger partial charge is 0.327 e. The fourth-order valence-electron chi connectivity index (χ4n) is 1.73. The number of carbonyl (C=O) groups is 1. The number of hydrogen-bond acceptors (Lipinski definition) is 3. The van der Waals surface area contributed by atoms with Crippen LogP contribution < -0.4 is 16.7 Å². The van der Waals surface area contributed by atoms with Crippen LogP contribution in [0.3, 0.4) is 0 Å². The number of nitrogens with one attached hydrogen (secondary N) is 1. The zero-order valence-corrected chi connectivity index (χ0v) is 10.7. The van der Waals surface area contributed by atoms with Gasteiger partial charge in [-0.1, -0.05) is 12.1 Å². The number of amides is 1. The Morgan fingerprint density at radius 1 is 1.32 bits per heavy atom. The summed E-state index contributed by atoms with van der Waals surface area (Å²) in [6, 6.07) is 7.06. The number of hydrogen-bond donors (Lipinski definition) is 2. The molecule has 6 nitrogen and oxygen atoms in total. The number of aromatic nitrogens is 2. The molecule has 0 aliphatic heterocycles. The third kappa shape index (κ3) is 3.04. The fraction of sp³-hybridized carbons (Fsp3) is 0.231. The standard InChI is InChI=1S/C13H16N4O2/c1-16-8-9-17(13(16)19)7-6-12(18)15-11-5-3-2-4-10(11)14/h2-5,8-9H,6-7,14H2,1H3,(H,15,18). The number of para-hydroxylation sites is 2. The third-order valence-electron chi connectivity index (χ3n) is 2.83. The molecular weight excluding hydrogens is 244 g/mol. The lowest BCUT2D eigenvalue weighted by atomic mass is 10.2. The van der Waals surface area contributed by atoms with Crippen molar-refractivity contribution in [2.75, 3.05) is 11.1 Å². The highest BCUT2D eigenvalue weighted by Crippen LogP contribution is 2.16. The molecule has 0 fully saturated rings. The number of nitrogens with zero attached hydrogens (tertiary/aromatic N) is 2. The van der Waals surface area contributed by atoms with Crippen LogP contribution in [-0.4, -0.2) is 15.0 Å². The highest BCUT2D eigenvalue weighted by Gasteiger charge is 2.06. The van der Waals surface area contributed by atoms with Crippen LogP contribution >= 0.6 is 0 Å². The zero-order valence-electron chi connectivity index (χ0n) is 10.7. The lowest BCUT2D eigenvalue weighted by Crippen LogP contribution is -2.24. The third-order valence-corrected chi connectivity index (χ3v) is 2.83. The molecule has 0 atom stereocenters. The Balaban J connectivity index is 1.94. The second kappa shape index (κ2) is 5.43. The molecule has 0 bridgehead atoms. The SMILES string of the molecule is Cn1ccn(CCC(=O)Nc2ccccc2N)c1=O. The highest BCUT2D eigenvalue weighted by atomic mass is 16.2. The van der Waals surface area contributed by atoms with Gasteiger partial charge in [0.25, 0.3) is 0 Å². The van der Waals surface area contributed by atoms with Gasteiger partial charge >= 0.3 is 5.69 Å². The molecule has 1 heterocycles. The first-order chi connectivity index (χ1) is 9.08. The van der Waals surface area contributed by atoms with Crippen LogP contribution in [-0.2, 0) is 18.4 Å². The Bertz CT molecular complexity index is 642. The number of nitrogens with two attached hydrogens (primary N) is 1. The molecule has 0 aliphatic carbocycles. The van der Waals surface area contributed by atoms with Gasteiger partial charge in [0.15, 0.2) is 0 Å². The van der Waals surface area contributed by atoms with Gasteiger partial charge in [-0.25, -0.2) is 4.79 Å². The van der Waals surface area contributed by atoms with Crippen molar-refractivity contribution >= 4 is 17.3 Å². The molecule has 1 aromatic carbocycles. The van der Waals surface area contributed by atoms with Crippen LogP contribution in [0.25, 0.3) is 0 Å². The minimum Gasteiger partial charge on any atom is -0.397 e. The highest BCUT2D eigenvalue weighted by molar-refractivity contribution is 5.93. The van der Waals surface area contributed by atoms with Crippen molar-refractivity contribution in [3.63, 3.8) is 0 Å². The van der Waals surface area contributed by atoms with E-state index in [1.54, 1.807) is 43.7 Å². The van der Waals surface area contributed by atoms with Gasteiger partial charge in [-0.3, -0.25) is 9.36 Å². The summed E-state index contributed by atoms with van der Waals surface area (Å²) >= 11 is 0. The number of nitrogen functional groups attached to an aromatic ring is 1. The quantitative estimate of drug-likeness (QED) is 0.798. The first kappa shape index (κ1) is 12.9. The van der Waals surface area contributed by atoms with Crippen LogP contribution in [0.5, 0.6) is 0 Å². The van der Waals surface area contributed by atoms with Gasteiger partial charge in [0.2, 0.25) is 5.91 Å². The Morgan fingerprint density at radius 2 is 2.05 bits per heavy atom. The summed E-state index contributed by atoms with van der Waals surface area (Å²) in [6.45, 7) is 0.345. The van der Waals surface area contributed by atoms with Crippen LogP contribution in [0.2, 0.25) is 0 Å². The predicted molar refractivity (Wildman–Crippen MR) is 73.8 cm³/mol. The van der Waals surface area contributed by atoms with Gasteiger partial charge in [0.05, 0.1) is 11.4 Å². The first-order valence-electron chi connectivity index (χ1n) is 5.94. The summed E-state index contributed by atoms with van der Waals surface area (Å²) in [5.41, 5.74) is 6.71. The molecule has 0 saturated carbocycles. The lowest BCUT2D eigenvalue weighted by molar-refractivity contribution is -0.116. The molecular formula is C13H16N4O2. The van der Waals surface area contributed by atoms with E-state index in [1.165, 1.54) is 9.13 Å². The van der Waals surface area contributed by atoms with E-state index in [1.807, 2.05) is 0 Å². The minimum absolute atomic E-state index is 0.132. The van der Waals surface area contributed by atoms with E-state index in [2.05, 4.69) is 5.32 Å². The van der Waals surface area contributed by atoms with Crippen LogP contribution in [0, 0.1) is 0 Å². The molecule has 0 unspecified atom stereocenters. The van der Waals surface area contributed by atoms with Crippen LogP contribution in [0.4, 0.5) is 11.4 Å². The number of rotatable bonds is 4. The van der Waals surface area contributed by atoms with Crippen molar-refractivity contribution in [3.8, 4) is 0 Å². The summed E-state index contributed by atoms with van der Waals surface area (Å²) in [5, 5.41) is 2.72. The van der Waals surface area contributed by atoms with Crippen molar-refractivity contribution in [3.05, 3.63) is 47.1 Å². The van der Waals surface area contributed by atoms with Gasteiger partial charge in [0.1, 0.15) is 0 Å². The van der Waals surface area contributed by atoms with E-state index in [4.69, 9.17) is 5.73 Å². The summed E-state index contributed by atoms with van der Waals surface area (Å²) < 4.78 is 2.96. The van der Waals surface area contributed by atoms with Crippen molar-refractivity contribution in [1.82, 2.24) is 9.13 Å². The van der Waals surface area contributed by atoms with Crippen LogP contribution in [0.1, 0.15) is 6.42 Å². The molecule has 19 heavy (non-hydrogen) atoms. The molecule has 0 spiro atoms. The van der Waals surface area contributed by atoms with E-state index in [9.17, 15) is 9.59 Å². The fourth-order valence-corrected chi connectivity index (χ4v) is 1.73. The molecule has 0 radical (unpaired) electrons. The number of carbonyl (C=O) groups excluding carboxylic acids is 1. The van der Waals surface area contributed by atoms with E-state index in [0.29, 0.717) is 17.9 Å². The molecule has 100 valence electrons. The van der Waals surface area contributed by atoms with E-state index < -0.39 is 0 Å². The average molecular weight is 260 g/mol. The number of anilines is 2. The molecule has 6 heteroatoms. The number of imidazole rings is 1. The van der Waals surface area contributed by atoms with Crippen molar-refractivity contribution < 1.29 is 4.79 Å². The summed E-state index contributed by atoms with van der Waals surface area (Å²) in [7, 11) is 1.67. The maximum absolute atomic E-state index is 11.8. The average Bonchev–Trinajstić information content (AvgIpc) is 2.70. The second-order valence-corrected chi connectivity index (χ2v) is 4.27. The maximum Gasteiger partial charge on any atom is 0.327 e. The van der Waals surface area contributed by atoms with Gasteiger partial charge in [-0.2, -0.15) is 0 Å². The van der Waals surface area contributed by atoms with Crippen LogP contribution in [0.15, 0.2) is 41.5 Å². The van der Waals surface area contributed by atoms with E-state index in [0.717, 1.165) is 0 Å². The molecule has 3 N–H and O–H groups in total. The topological polar surface area (TPSA) is 82.1 Å². The molecule has 0 saturated heterocycles. The first-order valence-corrected chi connectivity index (χ1v) is 5.94. The zero-order chi connectivity index (χ0) is 13.8. The molecule has 1 aromatic heterocycles. The maximum atomic E-state index is 11.8. The Hall–Kier alpha value is -2.50. The Labute approximate surface area is 110 Å². The monoisotopic (exact) mass is 260 g/mol. The van der Waals surface area contributed by atoms with Gasteiger partial charge < -0.3 is 15.6 Å². The normalized spacial score (nSPS) is 10.4. The van der Waals surface area contributed by atoms with Crippen molar-refractivity contribution in [2.45, 2.75) is 13.0 Å². The Morgan fingerprint density at radius 3 is 2.68 bits per heavy atom. The van der Waals surface area contributed by atoms with Crippen molar-refractivity contribution in [2.24, 2.45) is 7.05 Å². The largest absolute Gasteiger partial charge is 0.397 e. The van der Waals surface area contributed by atoms with Gasteiger partial charge in [-0.05, 0) is 12.1 Å². The minimum atomic E-state index is -0.173. The number of aryl methyl sites for hydroxylation is 2. The van der Waals surface area contributed by atoms with Crippen molar-refractivity contribution in [1.29, 1.82) is 0 Å². The molecule has 2 rings (SSSR count). The Kier molecular flexibility index (Phi) is 3.70. The summed E-state index contributed by atoms with van der Waals surface area (Å²) in [4.78, 5) is 23.3. The predicted octanol–water partition coefficient (Wildman–Crippen LogP) is 0.798. The molecule has 0 aliphatic rings. The van der Waals surface area contributed by atoms with Gasteiger partial charge in [-0.15, -0.1) is 0 Å².